The maximum absolute atomic E-state index is 11.7. The number of carbonyl (C=O) groups excluding carboxylic acids is 1. The van der Waals surface area contributed by atoms with Crippen molar-refractivity contribution in [1.82, 2.24) is 9.88 Å². The Hall–Kier alpha value is -2.56. The highest BCUT2D eigenvalue weighted by atomic mass is 16.5. The predicted octanol–water partition coefficient (Wildman–Crippen LogP) is 2.52. The second-order valence-corrected chi connectivity index (χ2v) is 5.70. The highest BCUT2D eigenvalue weighted by molar-refractivity contribution is 5.75. The third kappa shape index (κ3) is 6.28. The van der Waals surface area contributed by atoms with Gasteiger partial charge in [0.2, 0.25) is 5.91 Å². The first kappa shape index (κ1) is 17.8. The highest BCUT2D eigenvalue weighted by Gasteiger charge is 2.02. The number of ether oxygens (including phenoxy) is 1. The van der Waals surface area contributed by atoms with Crippen LogP contribution in [0.3, 0.4) is 0 Å². The Balaban J connectivity index is 1.56. The Kier molecular flexibility index (Phi) is 7.08. The van der Waals surface area contributed by atoms with Gasteiger partial charge in [-0.15, -0.1) is 0 Å². The van der Waals surface area contributed by atoms with E-state index >= 15 is 0 Å². The lowest BCUT2D eigenvalue weighted by atomic mass is 10.3. The molecule has 2 rings (SSSR count). The molecule has 5 nitrogen and oxygen atoms in total. The molecule has 0 aliphatic carbocycles. The van der Waals surface area contributed by atoms with Crippen molar-refractivity contribution in [2.45, 2.75) is 32.7 Å². The number of para-hydroxylation sites is 1. The van der Waals surface area contributed by atoms with Crippen LogP contribution in [-0.2, 0) is 11.3 Å². The molecule has 1 N–H and O–H groups in total. The van der Waals surface area contributed by atoms with Crippen molar-refractivity contribution >= 4 is 5.91 Å². The van der Waals surface area contributed by atoms with E-state index in [0.29, 0.717) is 32.5 Å². The quantitative estimate of drug-likeness (QED) is 0.720. The summed E-state index contributed by atoms with van der Waals surface area (Å²) in [4.78, 5) is 23.5. The Labute approximate surface area is 142 Å². The SMILES string of the molecule is Cc1ccn(CCCNC(=O)CCCOc2ccccc2)c(=O)c1. The highest BCUT2D eigenvalue weighted by Crippen LogP contribution is 2.08. The molecule has 0 aliphatic heterocycles. The summed E-state index contributed by atoms with van der Waals surface area (Å²) in [5.41, 5.74) is 0.960. The van der Waals surface area contributed by atoms with E-state index in [1.165, 1.54) is 0 Å². The molecule has 5 heteroatoms. The van der Waals surface area contributed by atoms with Gasteiger partial charge in [-0.05, 0) is 43.5 Å². The number of aryl methyl sites for hydroxylation is 2. The second kappa shape index (κ2) is 9.55. The molecule has 2 aromatic rings. The zero-order valence-corrected chi connectivity index (χ0v) is 14.0. The van der Waals surface area contributed by atoms with Crippen molar-refractivity contribution in [3.63, 3.8) is 0 Å². The number of benzene rings is 1. The molecule has 0 saturated carbocycles. The molecule has 0 unspecified atom stereocenters. The van der Waals surface area contributed by atoms with E-state index in [-0.39, 0.29) is 11.5 Å². The van der Waals surface area contributed by atoms with Crippen LogP contribution in [-0.4, -0.2) is 23.6 Å². The van der Waals surface area contributed by atoms with Gasteiger partial charge in [0.1, 0.15) is 5.75 Å². The number of hydrogen-bond acceptors (Lipinski definition) is 3. The average Bonchev–Trinajstić information content (AvgIpc) is 2.58. The minimum Gasteiger partial charge on any atom is -0.494 e. The fourth-order valence-electron chi connectivity index (χ4n) is 2.30. The Morgan fingerprint density at radius 2 is 1.96 bits per heavy atom. The maximum Gasteiger partial charge on any atom is 0.250 e. The van der Waals surface area contributed by atoms with Crippen molar-refractivity contribution in [3.05, 3.63) is 64.6 Å². The predicted molar refractivity (Wildman–Crippen MR) is 94.2 cm³/mol. The molecule has 0 bridgehead atoms. The van der Waals surface area contributed by atoms with Crippen LogP contribution in [0.25, 0.3) is 0 Å². The first-order valence-electron chi connectivity index (χ1n) is 8.27. The molecule has 0 fully saturated rings. The normalized spacial score (nSPS) is 10.4. The van der Waals surface area contributed by atoms with Crippen LogP contribution in [0.2, 0.25) is 0 Å². The largest absolute Gasteiger partial charge is 0.494 e. The number of nitrogens with zero attached hydrogens (tertiary/aromatic N) is 1. The van der Waals surface area contributed by atoms with E-state index in [1.54, 1.807) is 16.8 Å². The van der Waals surface area contributed by atoms with Gasteiger partial charge in [-0.2, -0.15) is 0 Å². The summed E-state index contributed by atoms with van der Waals surface area (Å²) >= 11 is 0. The minimum absolute atomic E-state index is 0.000567. The van der Waals surface area contributed by atoms with Gasteiger partial charge in [-0.3, -0.25) is 9.59 Å². The number of pyridine rings is 1. The molecule has 0 saturated heterocycles. The lowest BCUT2D eigenvalue weighted by molar-refractivity contribution is -0.121. The van der Waals surface area contributed by atoms with E-state index in [2.05, 4.69) is 5.32 Å². The monoisotopic (exact) mass is 328 g/mol. The molecular formula is C19H24N2O3. The topological polar surface area (TPSA) is 60.3 Å². The fraction of sp³-hybridized carbons (Fsp3) is 0.368. The van der Waals surface area contributed by atoms with Gasteiger partial charge < -0.3 is 14.6 Å². The van der Waals surface area contributed by atoms with Gasteiger partial charge in [0, 0.05) is 31.8 Å². The number of amides is 1. The van der Waals surface area contributed by atoms with Crippen LogP contribution in [0.5, 0.6) is 5.75 Å². The van der Waals surface area contributed by atoms with Crippen LogP contribution >= 0.6 is 0 Å². The molecule has 0 aliphatic rings. The van der Waals surface area contributed by atoms with E-state index in [1.807, 2.05) is 43.3 Å². The second-order valence-electron chi connectivity index (χ2n) is 5.70. The number of hydrogen-bond donors (Lipinski definition) is 1. The van der Waals surface area contributed by atoms with Crippen LogP contribution in [0, 0.1) is 6.92 Å². The third-order valence-electron chi connectivity index (χ3n) is 3.61. The standard InChI is InChI=1S/C19H24N2O3/c1-16-10-13-21(19(23)15-16)12-6-11-20-18(22)9-5-14-24-17-7-3-2-4-8-17/h2-4,7-8,10,13,15H,5-6,9,11-12,14H2,1H3,(H,20,22). The van der Waals surface area contributed by atoms with E-state index < -0.39 is 0 Å². The summed E-state index contributed by atoms with van der Waals surface area (Å²) in [6.45, 7) is 3.60. The summed E-state index contributed by atoms with van der Waals surface area (Å²) in [5, 5.41) is 2.87. The first-order valence-corrected chi connectivity index (χ1v) is 8.27. The molecule has 0 atom stereocenters. The van der Waals surface area contributed by atoms with Gasteiger partial charge in [0.15, 0.2) is 0 Å². The van der Waals surface area contributed by atoms with Crippen molar-refractivity contribution in [1.29, 1.82) is 0 Å². The maximum atomic E-state index is 11.7. The zero-order valence-electron chi connectivity index (χ0n) is 14.0. The third-order valence-corrected chi connectivity index (χ3v) is 3.61. The van der Waals surface area contributed by atoms with Crippen LogP contribution in [0.4, 0.5) is 0 Å². The molecule has 1 aromatic carbocycles. The average molecular weight is 328 g/mol. The van der Waals surface area contributed by atoms with Crippen molar-refractivity contribution in [3.8, 4) is 5.75 Å². The summed E-state index contributed by atoms with van der Waals surface area (Å²) in [6, 6.07) is 13.1. The van der Waals surface area contributed by atoms with E-state index in [9.17, 15) is 9.59 Å². The smallest absolute Gasteiger partial charge is 0.250 e. The van der Waals surface area contributed by atoms with Crippen LogP contribution in [0.15, 0.2) is 53.5 Å². The van der Waals surface area contributed by atoms with Gasteiger partial charge in [0.05, 0.1) is 6.61 Å². The van der Waals surface area contributed by atoms with Crippen molar-refractivity contribution < 1.29 is 9.53 Å². The molecule has 0 radical (unpaired) electrons. The Bertz CT molecular complexity index is 695. The molecule has 128 valence electrons. The zero-order chi connectivity index (χ0) is 17.2. The summed E-state index contributed by atoms with van der Waals surface area (Å²) in [7, 11) is 0. The van der Waals surface area contributed by atoms with Crippen LogP contribution in [0.1, 0.15) is 24.8 Å². The summed E-state index contributed by atoms with van der Waals surface area (Å²) in [5.74, 6) is 0.837. The van der Waals surface area contributed by atoms with Crippen molar-refractivity contribution in [2.75, 3.05) is 13.2 Å². The Morgan fingerprint density at radius 3 is 2.71 bits per heavy atom. The van der Waals surface area contributed by atoms with Gasteiger partial charge in [-0.1, -0.05) is 18.2 Å². The Morgan fingerprint density at radius 1 is 1.17 bits per heavy atom. The minimum atomic E-state index is -0.000567. The first-order chi connectivity index (χ1) is 11.6. The number of nitrogens with one attached hydrogen (secondary N) is 1. The molecular weight excluding hydrogens is 304 g/mol. The number of aromatic nitrogens is 1. The molecule has 24 heavy (non-hydrogen) atoms. The summed E-state index contributed by atoms with van der Waals surface area (Å²) < 4.78 is 7.20. The number of rotatable bonds is 9. The van der Waals surface area contributed by atoms with E-state index in [4.69, 9.17) is 4.74 Å². The molecule has 1 aromatic heterocycles. The van der Waals surface area contributed by atoms with Gasteiger partial charge in [0.25, 0.3) is 5.56 Å². The van der Waals surface area contributed by atoms with E-state index in [0.717, 1.165) is 17.7 Å². The molecule has 1 heterocycles. The van der Waals surface area contributed by atoms with Crippen molar-refractivity contribution in [2.24, 2.45) is 0 Å². The molecule has 1 amide bonds. The lowest BCUT2D eigenvalue weighted by Crippen LogP contribution is -2.27. The van der Waals surface area contributed by atoms with Gasteiger partial charge in [-0.25, -0.2) is 0 Å². The number of carbonyl (C=O) groups is 1. The summed E-state index contributed by atoms with van der Waals surface area (Å²) in [6.07, 6.45) is 3.64. The fourth-order valence-corrected chi connectivity index (χ4v) is 2.30. The lowest BCUT2D eigenvalue weighted by Gasteiger charge is -2.08. The van der Waals surface area contributed by atoms with Gasteiger partial charge >= 0.3 is 0 Å². The van der Waals surface area contributed by atoms with Crippen LogP contribution < -0.4 is 15.6 Å². The molecule has 0 spiro atoms.